The van der Waals surface area contributed by atoms with Crippen molar-refractivity contribution in [2.45, 2.75) is 193 Å². The predicted molar refractivity (Wildman–Crippen MR) is 196 cm³/mol. The molecule has 0 aromatic rings. The molecule has 2 atom stereocenters. The first kappa shape index (κ1) is 44.0. The second-order valence-electron chi connectivity index (χ2n) is 12.8. The molecule has 0 aliphatic carbocycles. The van der Waals surface area contributed by atoms with E-state index in [1.54, 1.807) is 0 Å². The van der Waals surface area contributed by atoms with Crippen molar-refractivity contribution in [2.24, 2.45) is 0 Å². The molecule has 0 unspecified atom stereocenters. The summed E-state index contributed by atoms with van der Waals surface area (Å²) in [7, 11) is 0. The van der Waals surface area contributed by atoms with Crippen molar-refractivity contribution in [3.05, 3.63) is 48.6 Å². The molecule has 0 spiro atoms. The van der Waals surface area contributed by atoms with Crippen molar-refractivity contribution < 1.29 is 24.5 Å². The second-order valence-corrected chi connectivity index (χ2v) is 12.8. The van der Waals surface area contributed by atoms with Gasteiger partial charge in [0.05, 0.1) is 6.61 Å². The summed E-state index contributed by atoms with van der Waals surface area (Å²) in [4.78, 5) is 25.0. The van der Waals surface area contributed by atoms with Crippen LogP contribution < -0.4 is 0 Å². The molecule has 0 radical (unpaired) electrons. The Morgan fingerprint density at radius 3 is 1.37 bits per heavy atom. The standard InChI is InChI=1S/C41H72O5/c1-3-5-7-9-11-13-15-17-19-20-22-23-25-27-29-31-33-35-38(43)41(39(44)37-42)46-40(45)36-34-32-30-28-26-24-21-18-16-14-12-10-8-6-4-2/h11,13,17,19,22-23,27,29,39,41-42,44H,3-10,12,14-16,18,20-21,24-26,28,30-37H2,1-2H3/t39-,41+/m0/s1. The van der Waals surface area contributed by atoms with E-state index in [0.29, 0.717) is 6.42 Å². The highest BCUT2D eigenvalue weighted by Gasteiger charge is 2.29. The van der Waals surface area contributed by atoms with Gasteiger partial charge in [-0.3, -0.25) is 9.59 Å². The number of allylic oxidation sites excluding steroid dienone is 8. The summed E-state index contributed by atoms with van der Waals surface area (Å²) in [5.41, 5.74) is 0. The lowest BCUT2D eigenvalue weighted by molar-refractivity contribution is -0.163. The van der Waals surface area contributed by atoms with E-state index < -0.39 is 24.8 Å². The smallest absolute Gasteiger partial charge is 0.306 e. The average Bonchev–Trinajstić information content (AvgIpc) is 3.06. The number of Topliss-reactive ketones (excluding diaryl/α,β-unsaturated/α-hetero) is 1. The van der Waals surface area contributed by atoms with Crippen LogP contribution in [-0.2, 0) is 14.3 Å². The molecular weight excluding hydrogens is 572 g/mol. The van der Waals surface area contributed by atoms with Crippen molar-refractivity contribution in [3.63, 3.8) is 0 Å². The van der Waals surface area contributed by atoms with E-state index in [1.807, 2.05) is 0 Å². The SMILES string of the molecule is CCCCCC=CCC=CCC=CCC=CCCCC(=O)[C@@H](OC(=O)CCCCCCCCCCCCCCCCC)[C@@H](O)CO. The van der Waals surface area contributed by atoms with Crippen LogP contribution in [0.15, 0.2) is 48.6 Å². The third-order valence-electron chi connectivity index (χ3n) is 8.35. The fraction of sp³-hybridized carbons (Fsp3) is 0.756. The zero-order valence-corrected chi connectivity index (χ0v) is 30.0. The molecule has 0 heterocycles. The van der Waals surface area contributed by atoms with Gasteiger partial charge >= 0.3 is 5.97 Å². The first-order chi connectivity index (χ1) is 22.6. The van der Waals surface area contributed by atoms with Crippen LogP contribution in [0.3, 0.4) is 0 Å². The van der Waals surface area contributed by atoms with Gasteiger partial charge in [0.25, 0.3) is 0 Å². The number of ether oxygens (including phenoxy) is 1. The van der Waals surface area contributed by atoms with E-state index in [2.05, 4.69) is 62.5 Å². The molecule has 0 aromatic heterocycles. The Hall–Kier alpha value is -1.98. The average molecular weight is 645 g/mol. The van der Waals surface area contributed by atoms with E-state index >= 15 is 0 Å². The molecule has 0 saturated carbocycles. The van der Waals surface area contributed by atoms with E-state index in [4.69, 9.17) is 4.74 Å². The van der Waals surface area contributed by atoms with Crippen molar-refractivity contribution >= 4 is 11.8 Å². The maximum absolute atomic E-state index is 12.7. The Labute approximate surface area is 284 Å². The molecule has 0 saturated heterocycles. The van der Waals surface area contributed by atoms with E-state index in [1.165, 1.54) is 103 Å². The molecular formula is C41H72O5. The molecule has 46 heavy (non-hydrogen) atoms. The molecule has 0 bridgehead atoms. The molecule has 2 N–H and O–H groups in total. The summed E-state index contributed by atoms with van der Waals surface area (Å²) in [6.07, 6.45) is 43.1. The van der Waals surface area contributed by atoms with Crippen LogP contribution in [0.5, 0.6) is 0 Å². The molecule has 0 aliphatic rings. The van der Waals surface area contributed by atoms with Crippen molar-refractivity contribution in [3.8, 4) is 0 Å². The normalized spacial score (nSPS) is 13.5. The van der Waals surface area contributed by atoms with Crippen LogP contribution in [0.25, 0.3) is 0 Å². The summed E-state index contributed by atoms with van der Waals surface area (Å²) in [6, 6.07) is 0. The van der Waals surface area contributed by atoms with Gasteiger partial charge in [0.1, 0.15) is 6.10 Å². The molecule has 266 valence electrons. The van der Waals surface area contributed by atoms with Gasteiger partial charge in [-0.2, -0.15) is 0 Å². The molecule has 0 fully saturated rings. The van der Waals surface area contributed by atoms with Gasteiger partial charge in [0, 0.05) is 12.8 Å². The lowest BCUT2D eigenvalue weighted by atomic mass is 10.0. The van der Waals surface area contributed by atoms with Crippen LogP contribution in [-0.4, -0.2) is 40.8 Å². The maximum Gasteiger partial charge on any atom is 0.306 e. The fourth-order valence-corrected chi connectivity index (χ4v) is 5.39. The van der Waals surface area contributed by atoms with Crippen molar-refractivity contribution in [2.75, 3.05) is 6.61 Å². The van der Waals surface area contributed by atoms with E-state index in [0.717, 1.165) is 44.9 Å². The molecule has 0 amide bonds. The lowest BCUT2D eigenvalue weighted by Crippen LogP contribution is -2.40. The molecule has 0 rings (SSSR count). The minimum absolute atomic E-state index is 0.200. The van der Waals surface area contributed by atoms with Crippen LogP contribution in [0.1, 0.15) is 181 Å². The number of rotatable bonds is 34. The largest absolute Gasteiger partial charge is 0.451 e. The van der Waals surface area contributed by atoms with Gasteiger partial charge in [-0.05, 0) is 51.4 Å². The summed E-state index contributed by atoms with van der Waals surface area (Å²) in [5, 5.41) is 19.5. The van der Waals surface area contributed by atoms with Gasteiger partial charge in [-0.25, -0.2) is 0 Å². The first-order valence-electron chi connectivity index (χ1n) is 19.2. The highest BCUT2D eigenvalue weighted by molar-refractivity contribution is 5.86. The van der Waals surface area contributed by atoms with E-state index in [9.17, 15) is 19.8 Å². The zero-order valence-electron chi connectivity index (χ0n) is 30.0. The number of carbonyl (C=O) groups excluding carboxylic acids is 2. The third-order valence-corrected chi connectivity index (χ3v) is 8.35. The van der Waals surface area contributed by atoms with Crippen molar-refractivity contribution in [1.82, 2.24) is 0 Å². The Morgan fingerprint density at radius 2 is 0.913 bits per heavy atom. The summed E-state index contributed by atoms with van der Waals surface area (Å²) in [6.45, 7) is 3.88. The van der Waals surface area contributed by atoms with E-state index in [-0.39, 0.29) is 18.6 Å². The third kappa shape index (κ3) is 30.7. The molecule has 0 aliphatic heterocycles. The second kappa shape index (κ2) is 35.9. The van der Waals surface area contributed by atoms with Gasteiger partial charge in [-0.1, -0.05) is 165 Å². The fourth-order valence-electron chi connectivity index (χ4n) is 5.39. The topological polar surface area (TPSA) is 83.8 Å². The quantitative estimate of drug-likeness (QED) is 0.0414. The number of unbranched alkanes of at least 4 members (excludes halogenated alkanes) is 18. The molecule has 5 nitrogen and oxygen atoms in total. The number of hydrogen-bond donors (Lipinski definition) is 2. The summed E-state index contributed by atoms with van der Waals surface area (Å²) < 4.78 is 5.33. The minimum atomic E-state index is -1.38. The predicted octanol–water partition coefficient (Wildman–Crippen LogP) is 11.2. The number of carbonyl (C=O) groups is 2. The van der Waals surface area contributed by atoms with Crippen molar-refractivity contribution in [1.29, 1.82) is 0 Å². The Morgan fingerprint density at radius 1 is 0.522 bits per heavy atom. The number of ketones is 1. The number of aliphatic hydroxyl groups is 2. The number of aliphatic hydroxyl groups excluding tert-OH is 2. The highest BCUT2D eigenvalue weighted by Crippen LogP contribution is 2.15. The van der Waals surface area contributed by atoms with Gasteiger partial charge in [0.2, 0.25) is 0 Å². The Kier molecular flexibility index (Phi) is 34.3. The van der Waals surface area contributed by atoms with Gasteiger partial charge in [0.15, 0.2) is 11.9 Å². The minimum Gasteiger partial charge on any atom is -0.451 e. The Bertz CT molecular complexity index is 797. The molecule has 5 heteroatoms. The lowest BCUT2D eigenvalue weighted by Gasteiger charge is -2.20. The van der Waals surface area contributed by atoms with Crippen LogP contribution in [0, 0.1) is 0 Å². The first-order valence-corrected chi connectivity index (χ1v) is 19.2. The van der Waals surface area contributed by atoms with Crippen LogP contribution in [0.4, 0.5) is 0 Å². The number of esters is 1. The summed E-state index contributed by atoms with van der Waals surface area (Å²) in [5.74, 6) is -0.803. The van der Waals surface area contributed by atoms with Gasteiger partial charge < -0.3 is 14.9 Å². The molecule has 0 aromatic carbocycles. The maximum atomic E-state index is 12.7. The Balaban J connectivity index is 3.93. The van der Waals surface area contributed by atoms with Crippen LogP contribution in [0.2, 0.25) is 0 Å². The zero-order chi connectivity index (χ0) is 33.8. The van der Waals surface area contributed by atoms with Gasteiger partial charge in [-0.15, -0.1) is 0 Å². The van der Waals surface area contributed by atoms with Crippen LogP contribution >= 0.6 is 0 Å². The number of hydrogen-bond acceptors (Lipinski definition) is 5. The summed E-state index contributed by atoms with van der Waals surface area (Å²) >= 11 is 0. The monoisotopic (exact) mass is 645 g/mol. The highest BCUT2D eigenvalue weighted by atomic mass is 16.6.